The van der Waals surface area contributed by atoms with Crippen LogP contribution >= 0.6 is 11.3 Å². The first-order valence-electron chi connectivity index (χ1n) is 11.2. The van der Waals surface area contributed by atoms with E-state index in [-0.39, 0.29) is 24.0 Å². The lowest BCUT2D eigenvalue weighted by atomic mass is 9.81. The molecule has 2 fully saturated rings. The predicted molar refractivity (Wildman–Crippen MR) is 121 cm³/mol. The Labute approximate surface area is 183 Å². The molecule has 0 unspecified atom stereocenters. The van der Waals surface area contributed by atoms with E-state index in [4.69, 9.17) is 5.26 Å². The number of hydrogen-bond donors (Lipinski definition) is 1. The summed E-state index contributed by atoms with van der Waals surface area (Å²) in [5.74, 6) is 1.11. The van der Waals surface area contributed by atoms with E-state index in [9.17, 15) is 9.90 Å². The fraction of sp³-hybridized carbons (Fsp3) is 0.520. The van der Waals surface area contributed by atoms with Gasteiger partial charge in [0.25, 0.3) is 0 Å². The molecule has 2 aliphatic rings. The molecule has 0 spiro atoms. The molecule has 1 aromatic carbocycles. The Morgan fingerprint density at radius 1 is 1.07 bits per heavy atom. The third kappa shape index (κ3) is 4.61. The van der Waals surface area contributed by atoms with Crippen molar-refractivity contribution < 1.29 is 9.90 Å². The monoisotopic (exact) mass is 422 g/mol. The average molecular weight is 423 g/mol. The van der Waals surface area contributed by atoms with Gasteiger partial charge in [-0.3, -0.25) is 4.79 Å². The van der Waals surface area contributed by atoms with Gasteiger partial charge in [-0.05, 0) is 81.0 Å². The molecule has 5 heteroatoms. The molecule has 1 N–H and O–H groups in total. The molecule has 1 amide bonds. The van der Waals surface area contributed by atoms with Crippen LogP contribution in [0.2, 0.25) is 0 Å². The van der Waals surface area contributed by atoms with Gasteiger partial charge < -0.3 is 10.0 Å². The number of thiophene rings is 1. The van der Waals surface area contributed by atoms with Gasteiger partial charge in [0.15, 0.2) is 0 Å². The molecular weight excluding hydrogens is 392 g/mol. The molecule has 0 radical (unpaired) electrons. The van der Waals surface area contributed by atoms with Gasteiger partial charge in [0.1, 0.15) is 0 Å². The number of amides is 1. The number of nitriles is 1. The van der Waals surface area contributed by atoms with Crippen LogP contribution in [0.1, 0.15) is 63.9 Å². The van der Waals surface area contributed by atoms with E-state index in [0.29, 0.717) is 5.56 Å². The number of benzene rings is 1. The van der Waals surface area contributed by atoms with Crippen LogP contribution in [-0.2, 0) is 4.79 Å². The van der Waals surface area contributed by atoms with Crippen LogP contribution in [0.5, 0.6) is 0 Å². The second-order valence-corrected chi connectivity index (χ2v) is 9.90. The molecule has 4 nitrogen and oxygen atoms in total. The van der Waals surface area contributed by atoms with Gasteiger partial charge in [-0.15, -0.1) is 11.3 Å². The molecule has 0 bridgehead atoms. The lowest BCUT2D eigenvalue weighted by Gasteiger charge is -2.38. The van der Waals surface area contributed by atoms with Crippen molar-refractivity contribution in [3.05, 3.63) is 41.3 Å². The zero-order valence-corrected chi connectivity index (χ0v) is 18.4. The second-order valence-electron chi connectivity index (χ2n) is 8.99. The first-order valence-corrected chi connectivity index (χ1v) is 12.0. The third-order valence-corrected chi connectivity index (χ3v) is 7.76. The van der Waals surface area contributed by atoms with Crippen LogP contribution in [-0.4, -0.2) is 23.2 Å². The largest absolute Gasteiger partial charge is 0.393 e. The minimum atomic E-state index is -0.231. The predicted octanol–water partition coefficient (Wildman–Crippen LogP) is 5.75. The van der Waals surface area contributed by atoms with Crippen molar-refractivity contribution in [2.24, 2.45) is 11.8 Å². The summed E-state index contributed by atoms with van der Waals surface area (Å²) < 4.78 is 0. The summed E-state index contributed by atoms with van der Waals surface area (Å²) in [4.78, 5) is 16.8. The van der Waals surface area contributed by atoms with E-state index in [2.05, 4.69) is 29.3 Å². The third-order valence-electron chi connectivity index (χ3n) is 6.80. The molecule has 1 aromatic heterocycles. The molecule has 2 aromatic rings. The lowest BCUT2D eigenvalue weighted by Crippen LogP contribution is -2.46. The summed E-state index contributed by atoms with van der Waals surface area (Å²) >= 11 is 1.65. The second kappa shape index (κ2) is 9.32. The number of anilines is 1. The summed E-state index contributed by atoms with van der Waals surface area (Å²) in [5.41, 5.74) is 2.72. The van der Waals surface area contributed by atoms with E-state index >= 15 is 0 Å². The van der Waals surface area contributed by atoms with E-state index in [1.54, 1.807) is 11.3 Å². The van der Waals surface area contributed by atoms with Crippen molar-refractivity contribution in [2.45, 2.75) is 70.4 Å². The summed E-state index contributed by atoms with van der Waals surface area (Å²) in [7, 11) is 0. The molecular formula is C25H30N2O2S. The Balaban J connectivity index is 1.59. The Morgan fingerprint density at radius 2 is 1.73 bits per heavy atom. The maximum Gasteiger partial charge on any atom is 0.230 e. The molecule has 2 aliphatic carbocycles. The first kappa shape index (κ1) is 21.1. The molecule has 1 heterocycles. The van der Waals surface area contributed by atoms with Crippen molar-refractivity contribution in [3.8, 4) is 16.5 Å². The van der Waals surface area contributed by atoms with Crippen molar-refractivity contribution >= 4 is 22.9 Å². The normalized spacial score (nSPS) is 26.7. The molecule has 158 valence electrons. The average Bonchev–Trinajstić information content (AvgIpc) is 3.25. The molecule has 0 aliphatic heterocycles. The Bertz CT molecular complexity index is 898. The molecule has 0 saturated heterocycles. The van der Waals surface area contributed by atoms with Crippen LogP contribution in [0.25, 0.3) is 10.4 Å². The minimum absolute atomic E-state index is 0.117. The van der Waals surface area contributed by atoms with Gasteiger partial charge >= 0.3 is 0 Å². The van der Waals surface area contributed by atoms with Gasteiger partial charge in [0.05, 0.1) is 23.4 Å². The van der Waals surface area contributed by atoms with Gasteiger partial charge in [-0.25, -0.2) is 0 Å². The first-order chi connectivity index (χ1) is 14.5. The lowest BCUT2D eigenvalue weighted by molar-refractivity contribution is -0.124. The quantitative estimate of drug-likeness (QED) is 0.682. The van der Waals surface area contributed by atoms with E-state index in [1.165, 1.54) is 0 Å². The van der Waals surface area contributed by atoms with Crippen molar-refractivity contribution in [3.63, 3.8) is 0 Å². The van der Waals surface area contributed by atoms with Gasteiger partial charge in [-0.1, -0.05) is 19.1 Å². The number of aliphatic hydroxyl groups excluding tert-OH is 1. The highest BCUT2D eigenvalue weighted by molar-refractivity contribution is 7.14. The molecule has 30 heavy (non-hydrogen) atoms. The fourth-order valence-corrected chi connectivity index (χ4v) is 5.74. The summed E-state index contributed by atoms with van der Waals surface area (Å²) in [5, 5.41) is 21.1. The standard InChI is InChI=1S/C25H30N2O2S/c1-17-2-6-20(7-3-17)25(29)27(21-10-12-23(28)13-11-21)22-14-24(30-16-22)19-8-4-18(15-26)5-9-19/h4-5,8-9,14,16-17,20-21,23,28H,2-3,6-7,10-13H2,1H3. The number of carbonyl (C=O) groups excluding carboxylic acids is 1. The number of nitrogens with zero attached hydrogens (tertiary/aromatic N) is 2. The number of rotatable bonds is 4. The van der Waals surface area contributed by atoms with Crippen molar-refractivity contribution in [2.75, 3.05) is 4.90 Å². The maximum absolute atomic E-state index is 13.6. The van der Waals surface area contributed by atoms with Gasteiger partial charge in [-0.2, -0.15) is 5.26 Å². The Kier molecular flexibility index (Phi) is 6.55. The highest BCUT2D eigenvalue weighted by Gasteiger charge is 2.35. The Morgan fingerprint density at radius 3 is 2.37 bits per heavy atom. The maximum atomic E-state index is 13.6. The number of carbonyl (C=O) groups is 1. The Hall–Kier alpha value is -2.16. The van der Waals surface area contributed by atoms with Crippen LogP contribution in [0.4, 0.5) is 5.69 Å². The summed E-state index contributed by atoms with van der Waals surface area (Å²) in [6, 6.07) is 12.1. The summed E-state index contributed by atoms with van der Waals surface area (Å²) in [6.07, 6.45) is 7.26. The minimum Gasteiger partial charge on any atom is -0.393 e. The van der Waals surface area contributed by atoms with E-state index < -0.39 is 0 Å². The SMILES string of the molecule is CC1CCC(C(=O)N(c2csc(-c3ccc(C#N)cc3)c2)C2CCC(O)CC2)CC1. The van der Waals surface area contributed by atoms with E-state index in [0.717, 1.165) is 73.4 Å². The van der Waals surface area contributed by atoms with Crippen LogP contribution < -0.4 is 4.90 Å². The van der Waals surface area contributed by atoms with Crippen LogP contribution in [0, 0.1) is 23.2 Å². The zero-order chi connectivity index (χ0) is 21.1. The molecule has 4 rings (SSSR count). The summed E-state index contributed by atoms with van der Waals surface area (Å²) in [6.45, 7) is 2.28. The van der Waals surface area contributed by atoms with Crippen LogP contribution in [0.3, 0.4) is 0 Å². The van der Waals surface area contributed by atoms with E-state index in [1.807, 2.05) is 24.3 Å². The molecule has 2 saturated carbocycles. The van der Waals surface area contributed by atoms with Crippen molar-refractivity contribution in [1.82, 2.24) is 0 Å². The number of hydrogen-bond acceptors (Lipinski definition) is 4. The number of aliphatic hydroxyl groups is 1. The van der Waals surface area contributed by atoms with Gasteiger partial charge in [0.2, 0.25) is 5.91 Å². The van der Waals surface area contributed by atoms with Crippen LogP contribution in [0.15, 0.2) is 35.7 Å². The highest BCUT2D eigenvalue weighted by Crippen LogP contribution is 2.38. The van der Waals surface area contributed by atoms with Crippen molar-refractivity contribution in [1.29, 1.82) is 5.26 Å². The topological polar surface area (TPSA) is 64.3 Å². The molecule has 0 atom stereocenters. The smallest absolute Gasteiger partial charge is 0.230 e. The van der Waals surface area contributed by atoms with Gasteiger partial charge in [0, 0.05) is 22.2 Å². The fourth-order valence-electron chi connectivity index (χ4n) is 4.85. The zero-order valence-electron chi connectivity index (χ0n) is 17.6. The highest BCUT2D eigenvalue weighted by atomic mass is 32.1.